The molecule has 2 rings (SSSR count). The summed E-state index contributed by atoms with van der Waals surface area (Å²) in [7, 11) is 0. The standard InChI is InChI=1S/C13H13ClN2O2/c1-2-6-15-11-8-12(17)16(13(11)18)10-5-3-4-9(14)7-10/h2-5,7,11,15H,1,6,8H2. The quantitative estimate of drug-likeness (QED) is 0.666. The minimum absolute atomic E-state index is 0.166. The molecule has 0 aliphatic carbocycles. The van der Waals surface area contributed by atoms with E-state index in [0.717, 1.165) is 0 Å². The number of anilines is 1. The maximum Gasteiger partial charge on any atom is 0.251 e. The Morgan fingerprint density at radius 1 is 1.50 bits per heavy atom. The van der Waals surface area contributed by atoms with Crippen LogP contribution in [0.2, 0.25) is 5.02 Å². The highest BCUT2D eigenvalue weighted by Gasteiger charge is 2.38. The molecule has 1 N–H and O–H groups in total. The van der Waals surface area contributed by atoms with Crippen molar-refractivity contribution in [3.63, 3.8) is 0 Å². The first-order chi connectivity index (χ1) is 8.63. The van der Waals surface area contributed by atoms with E-state index in [1.54, 1.807) is 30.3 Å². The molecule has 1 aliphatic heterocycles. The van der Waals surface area contributed by atoms with E-state index in [4.69, 9.17) is 11.6 Å². The first kappa shape index (κ1) is 12.8. The van der Waals surface area contributed by atoms with Crippen molar-refractivity contribution in [2.24, 2.45) is 0 Å². The summed E-state index contributed by atoms with van der Waals surface area (Å²) in [4.78, 5) is 25.1. The molecule has 0 saturated carbocycles. The number of carbonyl (C=O) groups is 2. The summed E-state index contributed by atoms with van der Waals surface area (Å²) in [6, 6.07) is 6.23. The highest BCUT2D eigenvalue weighted by atomic mass is 35.5. The Morgan fingerprint density at radius 2 is 2.28 bits per heavy atom. The van der Waals surface area contributed by atoms with Crippen LogP contribution in [0.3, 0.4) is 0 Å². The lowest BCUT2D eigenvalue weighted by Crippen LogP contribution is -2.38. The van der Waals surface area contributed by atoms with Gasteiger partial charge in [-0.05, 0) is 18.2 Å². The second kappa shape index (κ2) is 5.33. The van der Waals surface area contributed by atoms with Crippen LogP contribution < -0.4 is 10.2 Å². The minimum atomic E-state index is -0.477. The van der Waals surface area contributed by atoms with Gasteiger partial charge in [0, 0.05) is 11.6 Å². The second-order valence-corrected chi connectivity index (χ2v) is 4.44. The number of carbonyl (C=O) groups excluding carboxylic acids is 2. The molecule has 0 bridgehead atoms. The van der Waals surface area contributed by atoms with E-state index in [2.05, 4.69) is 11.9 Å². The highest BCUT2D eigenvalue weighted by molar-refractivity contribution is 6.31. The zero-order valence-corrected chi connectivity index (χ0v) is 10.5. The Hall–Kier alpha value is -1.65. The van der Waals surface area contributed by atoms with E-state index < -0.39 is 6.04 Å². The number of benzene rings is 1. The molecule has 1 fully saturated rings. The van der Waals surface area contributed by atoms with Gasteiger partial charge in [-0.1, -0.05) is 23.7 Å². The number of hydrogen-bond acceptors (Lipinski definition) is 3. The van der Waals surface area contributed by atoms with Crippen LogP contribution in [0.1, 0.15) is 6.42 Å². The van der Waals surface area contributed by atoms with Crippen molar-refractivity contribution in [3.05, 3.63) is 41.9 Å². The third-order valence-corrected chi connectivity index (χ3v) is 2.96. The summed E-state index contributed by atoms with van der Waals surface area (Å²) >= 11 is 5.86. The molecule has 1 aromatic rings. The molecule has 5 heteroatoms. The predicted molar refractivity (Wildman–Crippen MR) is 70.5 cm³/mol. The van der Waals surface area contributed by atoms with Crippen molar-refractivity contribution in [2.75, 3.05) is 11.4 Å². The van der Waals surface area contributed by atoms with Crippen LogP contribution in [0.5, 0.6) is 0 Å². The minimum Gasteiger partial charge on any atom is -0.302 e. The number of imide groups is 1. The van der Waals surface area contributed by atoms with Gasteiger partial charge >= 0.3 is 0 Å². The first-order valence-electron chi connectivity index (χ1n) is 5.60. The molecular weight excluding hydrogens is 252 g/mol. The van der Waals surface area contributed by atoms with Crippen LogP contribution in [-0.2, 0) is 9.59 Å². The molecule has 1 aliphatic rings. The van der Waals surface area contributed by atoms with Crippen LogP contribution in [0.4, 0.5) is 5.69 Å². The van der Waals surface area contributed by atoms with Gasteiger partial charge in [-0.2, -0.15) is 0 Å². The molecule has 2 amide bonds. The monoisotopic (exact) mass is 264 g/mol. The smallest absolute Gasteiger partial charge is 0.251 e. The Bertz CT molecular complexity index is 502. The molecule has 1 unspecified atom stereocenters. The van der Waals surface area contributed by atoms with E-state index >= 15 is 0 Å². The van der Waals surface area contributed by atoms with Gasteiger partial charge in [0.05, 0.1) is 18.2 Å². The van der Waals surface area contributed by atoms with Crippen molar-refractivity contribution in [2.45, 2.75) is 12.5 Å². The van der Waals surface area contributed by atoms with Gasteiger partial charge in [-0.15, -0.1) is 6.58 Å². The lowest BCUT2D eigenvalue weighted by Gasteiger charge is -2.15. The molecule has 1 atom stereocenters. The summed E-state index contributed by atoms with van der Waals surface area (Å²) in [5, 5.41) is 3.46. The van der Waals surface area contributed by atoms with Gasteiger partial charge in [-0.3, -0.25) is 9.59 Å². The number of halogens is 1. The van der Waals surface area contributed by atoms with Crippen LogP contribution in [-0.4, -0.2) is 24.4 Å². The molecular formula is C13H13ClN2O2. The molecule has 0 radical (unpaired) electrons. The van der Waals surface area contributed by atoms with Crippen molar-refractivity contribution in [1.29, 1.82) is 0 Å². The average Bonchev–Trinajstić information content (AvgIpc) is 2.62. The predicted octanol–water partition coefficient (Wildman–Crippen LogP) is 1.75. The number of hydrogen-bond donors (Lipinski definition) is 1. The Labute approximate surface area is 110 Å². The van der Waals surface area contributed by atoms with Crippen LogP contribution in [0.25, 0.3) is 0 Å². The number of nitrogens with one attached hydrogen (secondary N) is 1. The zero-order valence-electron chi connectivity index (χ0n) is 9.73. The first-order valence-corrected chi connectivity index (χ1v) is 5.98. The van der Waals surface area contributed by atoms with Gasteiger partial charge < -0.3 is 5.32 Å². The number of nitrogens with zero attached hydrogens (tertiary/aromatic N) is 1. The van der Waals surface area contributed by atoms with Crippen LogP contribution >= 0.6 is 11.6 Å². The highest BCUT2D eigenvalue weighted by Crippen LogP contribution is 2.25. The normalized spacial score (nSPS) is 19.4. The Kier molecular flexibility index (Phi) is 3.79. The molecule has 1 aromatic carbocycles. The SMILES string of the molecule is C=CCNC1CC(=O)N(c2cccc(Cl)c2)C1=O. The third kappa shape index (κ3) is 2.44. The number of amides is 2. The largest absolute Gasteiger partial charge is 0.302 e. The maximum atomic E-state index is 12.1. The maximum absolute atomic E-state index is 12.1. The van der Waals surface area contributed by atoms with E-state index in [-0.39, 0.29) is 18.2 Å². The van der Waals surface area contributed by atoms with Crippen molar-refractivity contribution >= 4 is 29.1 Å². The van der Waals surface area contributed by atoms with E-state index in [1.165, 1.54) is 4.90 Å². The molecule has 94 valence electrons. The molecule has 1 heterocycles. The van der Waals surface area contributed by atoms with Crippen LogP contribution in [0.15, 0.2) is 36.9 Å². The summed E-state index contributed by atoms with van der Waals surface area (Å²) < 4.78 is 0. The second-order valence-electron chi connectivity index (χ2n) is 4.00. The van der Waals surface area contributed by atoms with Gasteiger partial charge in [0.15, 0.2) is 0 Å². The van der Waals surface area contributed by atoms with E-state index in [9.17, 15) is 9.59 Å². The Morgan fingerprint density at radius 3 is 2.94 bits per heavy atom. The summed E-state index contributed by atoms with van der Waals surface area (Å²) in [6.45, 7) is 4.06. The van der Waals surface area contributed by atoms with Gasteiger partial charge in [-0.25, -0.2) is 4.90 Å². The fourth-order valence-electron chi connectivity index (χ4n) is 1.90. The van der Waals surface area contributed by atoms with Gasteiger partial charge in [0.1, 0.15) is 0 Å². The molecule has 0 aromatic heterocycles. The fourth-order valence-corrected chi connectivity index (χ4v) is 2.09. The Balaban J connectivity index is 2.21. The van der Waals surface area contributed by atoms with Crippen LogP contribution in [0, 0.1) is 0 Å². The molecule has 4 nitrogen and oxygen atoms in total. The lowest BCUT2D eigenvalue weighted by atomic mass is 10.2. The summed E-state index contributed by atoms with van der Waals surface area (Å²) in [5.74, 6) is -0.465. The van der Waals surface area contributed by atoms with Gasteiger partial charge in [0.25, 0.3) is 5.91 Å². The summed E-state index contributed by atoms with van der Waals surface area (Å²) in [5.41, 5.74) is 0.514. The fraction of sp³-hybridized carbons (Fsp3) is 0.231. The third-order valence-electron chi connectivity index (χ3n) is 2.72. The van der Waals surface area contributed by atoms with Gasteiger partial charge in [0.2, 0.25) is 5.91 Å². The van der Waals surface area contributed by atoms with E-state index in [0.29, 0.717) is 17.3 Å². The summed E-state index contributed by atoms with van der Waals surface area (Å²) in [6.07, 6.45) is 1.82. The molecule has 1 saturated heterocycles. The topological polar surface area (TPSA) is 49.4 Å². The van der Waals surface area contributed by atoms with Crippen molar-refractivity contribution in [3.8, 4) is 0 Å². The number of rotatable bonds is 4. The van der Waals surface area contributed by atoms with Crippen molar-refractivity contribution in [1.82, 2.24) is 5.32 Å². The average molecular weight is 265 g/mol. The van der Waals surface area contributed by atoms with E-state index in [1.807, 2.05) is 0 Å². The van der Waals surface area contributed by atoms with Crippen molar-refractivity contribution < 1.29 is 9.59 Å². The molecule has 18 heavy (non-hydrogen) atoms. The molecule has 0 spiro atoms. The lowest BCUT2D eigenvalue weighted by molar-refractivity contribution is -0.121. The zero-order chi connectivity index (χ0) is 13.1.